The van der Waals surface area contributed by atoms with Crippen LogP contribution in [-0.4, -0.2) is 14.6 Å². The van der Waals surface area contributed by atoms with Crippen molar-refractivity contribution in [3.63, 3.8) is 0 Å². The second kappa shape index (κ2) is 2.70. The molecule has 0 atom stereocenters. The molecular weight excluding hydrogens is 195 g/mol. The van der Waals surface area contributed by atoms with E-state index < -0.39 is 11.9 Å². The standard InChI is InChI=1S/C8H6F3N3/c1-5-2-3-6(8(9,10)11)14-7(5)12-4-13-14/h2-4H,1H3. The van der Waals surface area contributed by atoms with Crippen LogP contribution in [0.3, 0.4) is 0 Å². The average molecular weight is 201 g/mol. The highest BCUT2D eigenvalue weighted by atomic mass is 19.4. The van der Waals surface area contributed by atoms with Crippen molar-refractivity contribution in [3.8, 4) is 0 Å². The van der Waals surface area contributed by atoms with Gasteiger partial charge in [0.15, 0.2) is 5.65 Å². The minimum Gasteiger partial charge on any atom is -0.215 e. The molecule has 0 amide bonds. The number of nitrogens with zero attached hydrogens (tertiary/aromatic N) is 3. The maximum atomic E-state index is 12.4. The van der Waals surface area contributed by atoms with Gasteiger partial charge in [-0.25, -0.2) is 9.50 Å². The Kier molecular flexibility index (Phi) is 1.73. The van der Waals surface area contributed by atoms with E-state index in [9.17, 15) is 13.2 Å². The summed E-state index contributed by atoms with van der Waals surface area (Å²) in [5, 5.41) is 3.53. The summed E-state index contributed by atoms with van der Waals surface area (Å²) in [6.07, 6.45) is -3.29. The van der Waals surface area contributed by atoms with Crippen LogP contribution >= 0.6 is 0 Å². The van der Waals surface area contributed by atoms with E-state index in [2.05, 4.69) is 10.1 Å². The average Bonchev–Trinajstić information content (AvgIpc) is 2.50. The molecule has 74 valence electrons. The van der Waals surface area contributed by atoms with Crippen LogP contribution in [0.15, 0.2) is 18.5 Å². The summed E-state index contributed by atoms with van der Waals surface area (Å²) in [4.78, 5) is 3.74. The molecule has 0 spiro atoms. The number of hydrogen-bond acceptors (Lipinski definition) is 2. The largest absolute Gasteiger partial charge is 0.433 e. The van der Waals surface area contributed by atoms with Crippen molar-refractivity contribution in [2.45, 2.75) is 13.1 Å². The zero-order valence-electron chi connectivity index (χ0n) is 7.21. The van der Waals surface area contributed by atoms with Gasteiger partial charge in [-0.1, -0.05) is 6.07 Å². The molecule has 0 N–H and O–H groups in total. The Morgan fingerprint density at radius 2 is 2.00 bits per heavy atom. The summed E-state index contributed by atoms with van der Waals surface area (Å²) in [7, 11) is 0. The fourth-order valence-electron chi connectivity index (χ4n) is 1.25. The smallest absolute Gasteiger partial charge is 0.215 e. The molecule has 14 heavy (non-hydrogen) atoms. The summed E-state index contributed by atoms with van der Waals surface area (Å²) < 4.78 is 38.1. The van der Waals surface area contributed by atoms with Crippen LogP contribution in [0.4, 0.5) is 13.2 Å². The van der Waals surface area contributed by atoms with Crippen molar-refractivity contribution >= 4 is 5.65 Å². The highest BCUT2D eigenvalue weighted by Gasteiger charge is 2.34. The van der Waals surface area contributed by atoms with Crippen LogP contribution in [0.5, 0.6) is 0 Å². The van der Waals surface area contributed by atoms with Gasteiger partial charge in [-0.2, -0.15) is 18.3 Å². The van der Waals surface area contributed by atoms with Gasteiger partial charge in [0, 0.05) is 0 Å². The predicted molar refractivity (Wildman–Crippen MR) is 42.7 cm³/mol. The first-order valence-corrected chi connectivity index (χ1v) is 3.86. The predicted octanol–water partition coefficient (Wildman–Crippen LogP) is 2.06. The van der Waals surface area contributed by atoms with Crippen LogP contribution < -0.4 is 0 Å². The van der Waals surface area contributed by atoms with Crippen molar-refractivity contribution in [1.82, 2.24) is 14.6 Å². The van der Waals surface area contributed by atoms with Crippen LogP contribution in [0.2, 0.25) is 0 Å². The Labute approximate surface area is 77.2 Å². The number of alkyl halides is 3. The first kappa shape index (κ1) is 8.98. The molecule has 0 aliphatic heterocycles. The van der Waals surface area contributed by atoms with E-state index in [0.717, 1.165) is 16.9 Å². The molecule has 2 heterocycles. The highest BCUT2D eigenvalue weighted by Crippen LogP contribution is 2.29. The molecule has 0 aromatic carbocycles. The van der Waals surface area contributed by atoms with Crippen LogP contribution in [0.25, 0.3) is 5.65 Å². The van der Waals surface area contributed by atoms with Crippen molar-refractivity contribution in [3.05, 3.63) is 29.7 Å². The Morgan fingerprint density at radius 3 is 2.64 bits per heavy atom. The summed E-state index contributed by atoms with van der Waals surface area (Å²) in [5.41, 5.74) is 0.0888. The molecule has 2 aromatic heterocycles. The molecule has 0 aliphatic carbocycles. The number of aromatic nitrogens is 3. The maximum Gasteiger partial charge on any atom is 0.433 e. The van der Waals surface area contributed by atoms with Crippen LogP contribution in [0, 0.1) is 6.92 Å². The normalized spacial score (nSPS) is 12.3. The lowest BCUT2D eigenvalue weighted by atomic mass is 10.2. The van der Waals surface area contributed by atoms with Gasteiger partial charge in [0.2, 0.25) is 0 Å². The quantitative estimate of drug-likeness (QED) is 0.653. The lowest BCUT2D eigenvalue weighted by Gasteiger charge is -2.08. The lowest BCUT2D eigenvalue weighted by molar-refractivity contribution is -0.142. The van der Waals surface area contributed by atoms with Crippen LogP contribution in [0.1, 0.15) is 11.3 Å². The SMILES string of the molecule is Cc1ccc(C(F)(F)F)n2ncnc12. The molecule has 2 aromatic rings. The molecule has 0 fully saturated rings. The molecule has 0 unspecified atom stereocenters. The summed E-state index contributed by atoms with van der Waals surface area (Å²) >= 11 is 0. The Hall–Kier alpha value is -1.59. The van der Waals surface area contributed by atoms with E-state index in [4.69, 9.17) is 0 Å². The first-order valence-electron chi connectivity index (χ1n) is 3.86. The van der Waals surface area contributed by atoms with Gasteiger partial charge >= 0.3 is 6.18 Å². The van der Waals surface area contributed by atoms with Gasteiger partial charge in [-0.3, -0.25) is 0 Å². The van der Waals surface area contributed by atoms with Crippen molar-refractivity contribution in [2.75, 3.05) is 0 Å². The fourth-order valence-corrected chi connectivity index (χ4v) is 1.25. The molecule has 0 saturated carbocycles. The molecule has 0 radical (unpaired) electrons. The van der Waals surface area contributed by atoms with Gasteiger partial charge in [-0.15, -0.1) is 0 Å². The van der Waals surface area contributed by atoms with Crippen molar-refractivity contribution < 1.29 is 13.2 Å². The maximum absolute atomic E-state index is 12.4. The zero-order chi connectivity index (χ0) is 10.3. The minimum atomic E-state index is -4.40. The van der Waals surface area contributed by atoms with E-state index in [0.29, 0.717) is 5.56 Å². The van der Waals surface area contributed by atoms with Gasteiger partial charge in [-0.05, 0) is 18.6 Å². The molecule has 3 nitrogen and oxygen atoms in total. The minimum absolute atomic E-state index is 0.236. The van der Waals surface area contributed by atoms with Gasteiger partial charge in [0.05, 0.1) is 0 Å². The highest BCUT2D eigenvalue weighted by molar-refractivity contribution is 5.47. The van der Waals surface area contributed by atoms with E-state index in [1.165, 1.54) is 6.07 Å². The third-order valence-electron chi connectivity index (χ3n) is 1.91. The number of halogens is 3. The Bertz CT molecular complexity index is 472. The fraction of sp³-hybridized carbons (Fsp3) is 0.250. The molecule has 0 aliphatic rings. The second-order valence-electron chi connectivity index (χ2n) is 2.89. The van der Waals surface area contributed by atoms with Gasteiger partial charge in [0.1, 0.15) is 12.0 Å². The van der Waals surface area contributed by atoms with Gasteiger partial charge < -0.3 is 0 Å². The molecule has 2 rings (SSSR count). The molecule has 0 bridgehead atoms. The van der Waals surface area contributed by atoms with Crippen molar-refractivity contribution in [2.24, 2.45) is 0 Å². The summed E-state index contributed by atoms with van der Waals surface area (Å²) in [5.74, 6) is 0. The Morgan fingerprint density at radius 1 is 1.29 bits per heavy atom. The van der Waals surface area contributed by atoms with Crippen LogP contribution in [-0.2, 0) is 6.18 Å². The topological polar surface area (TPSA) is 30.2 Å². The van der Waals surface area contributed by atoms with Gasteiger partial charge in [0.25, 0.3) is 0 Å². The van der Waals surface area contributed by atoms with E-state index in [1.54, 1.807) is 6.92 Å². The monoisotopic (exact) mass is 201 g/mol. The summed E-state index contributed by atoms with van der Waals surface area (Å²) in [6, 6.07) is 2.38. The number of hydrogen-bond donors (Lipinski definition) is 0. The second-order valence-corrected chi connectivity index (χ2v) is 2.89. The zero-order valence-corrected chi connectivity index (χ0v) is 7.21. The van der Waals surface area contributed by atoms with E-state index >= 15 is 0 Å². The number of aryl methyl sites for hydroxylation is 1. The third-order valence-corrected chi connectivity index (χ3v) is 1.91. The third kappa shape index (κ3) is 1.23. The Balaban J connectivity index is 2.80. The molecular formula is C8H6F3N3. The first-order chi connectivity index (χ1) is 6.50. The van der Waals surface area contributed by atoms with E-state index in [-0.39, 0.29) is 5.65 Å². The van der Waals surface area contributed by atoms with E-state index in [1.807, 2.05) is 0 Å². The summed E-state index contributed by atoms with van der Waals surface area (Å²) in [6.45, 7) is 1.68. The molecule has 0 saturated heterocycles. The molecule has 6 heteroatoms. The number of rotatable bonds is 0. The van der Waals surface area contributed by atoms with Crippen molar-refractivity contribution in [1.29, 1.82) is 0 Å². The lowest BCUT2D eigenvalue weighted by Crippen LogP contribution is -2.12. The number of fused-ring (bicyclic) bond motifs is 1. The number of pyridine rings is 1.